The van der Waals surface area contributed by atoms with Crippen LogP contribution in [0.5, 0.6) is 0 Å². The Hall–Kier alpha value is -3.65. The van der Waals surface area contributed by atoms with Gasteiger partial charge in [0, 0.05) is 36.9 Å². The molecule has 1 aromatic carbocycles. The van der Waals surface area contributed by atoms with Crippen LogP contribution in [-0.4, -0.2) is 83.5 Å². The van der Waals surface area contributed by atoms with E-state index in [-0.39, 0.29) is 31.2 Å². The Labute approximate surface area is 309 Å². The van der Waals surface area contributed by atoms with Gasteiger partial charge in [0.25, 0.3) is 5.91 Å². The number of carbonyl (C=O) groups is 5. The fourth-order valence-corrected chi connectivity index (χ4v) is 9.85. The van der Waals surface area contributed by atoms with Crippen molar-refractivity contribution in [3.05, 3.63) is 46.5 Å². The molecule has 3 aliphatic carbocycles. The Morgan fingerprint density at radius 1 is 0.981 bits per heavy atom. The van der Waals surface area contributed by atoms with Crippen LogP contribution in [0.25, 0.3) is 0 Å². The van der Waals surface area contributed by atoms with Gasteiger partial charge in [-0.25, -0.2) is 13.2 Å². The largest absolute Gasteiger partial charge is 0.444 e. The molecule has 0 radical (unpaired) electrons. The smallest absolute Gasteiger partial charge is 0.410 e. The number of benzene rings is 1. The van der Waals surface area contributed by atoms with Crippen LogP contribution >= 0.6 is 11.6 Å². The Bertz CT molecular complexity index is 1740. The highest BCUT2D eigenvalue weighted by atomic mass is 35.5. The van der Waals surface area contributed by atoms with Gasteiger partial charge in [-0.1, -0.05) is 55.5 Å². The van der Waals surface area contributed by atoms with Crippen molar-refractivity contribution in [1.29, 1.82) is 0 Å². The van der Waals surface area contributed by atoms with E-state index in [9.17, 15) is 32.4 Å². The fraction of sp³-hybridized carbons (Fsp3) is 0.649. The number of halogens is 1. The molecule has 0 aromatic heterocycles. The van der Waals surface area contributed by atoms with Crippen molar-refractivity contribution in [2.45, 2.75) is 132 Å². The van der Waals surface area contributed by atoms with Crippen LogP contribution in [0, 0.1) is 11.8 Å². The number of fused-ring (bicyclic) bond motifs is 3. The summed E-state index contributed by atoms with van der Waals surface area (Å²) >= 11 is 6.16. The normalized spacial score (nSPS) is 30.2. The lowest BCUT2D eigenvalue weighted by atomic mass is 10.0. The third kappa shape index (κ3) is 8.12. The molecule has 3 saturated carbocycles. The Morgan fingerprint density at radius 3 is 2.50 bits per heavy atom. The number of nitrogens with one attached hydrogen (secondary N) is 3. The topological polar surface area (TPSA) is 171 Å². The maximum Gasteiger partial charge on any atom is 0.410 e. The molecular weight excluding hydrogens is 710 g/mol. The molecular formula is C37H48ClN5O8S. The second-order valence-electron chi connectivity index (χ2n) is 15.5. The minimum atomic E-state index is -3.89. The molecule has 15 heteroatoms. The number of nitrogens with zero attached hydrogens (tertiary/aromatic N) is 2. The molecule has 5 atom stereocenters. The summed E-state index contributed by atoms with van der Waals surface area (Å²) in [5.74, 6) is -2.23. The van der Waals surface area contributed by atoms with E-state index in [2.05, 4.69) is 15.4 Å². The molecule has 52 heavy (non-hydrogen) atoms. The number of amides is 5. The van der Waals surface area contributed by atoms with Gasteiger partial charge < -0.3 is 20.3 Å². The maximum absolute atomic E-state index is 14.4. The molecule has 1 saturated heterocycles. The maximum atomic E-state index is 14.4. The first kappa shape index (κ1) is 36.7. The third-order valence-electron chi connectivity index (χ3n) is 11.5. The van der Waals surface area contributed by atoms with Crippen LogP contribution in [0.1, 0.15) is 101 Å². The lowest BCUT2D eigenvalue weighted by molar-refractivity contribution is -0.142. The Morgan fingerprint density at radius 2 is 1.73 bits per heavy atom. The molecule has 0 bridgehead atoms. The third-order valence-corrected chi connectivity index (χ3v) is 13.6. The molecule has 5 amide bonds. The van der Waals surface area contributed by atoms with Gasteiger partial charge in [-0.15, -0.1) is 0 Å². The SMILES string of the molecule is O=C(CC1CCCC1)N[C@H]1CCCCC/C=C/[C@@H]2C[C@@]2(C(=O)NS(=O)(=O)C2CC2)NC(=O)[C@@H]2C[C@@H](OC(=O)N3Cc4ccc(Cl)cc4C3)CN2C1=O. The summed E-state index contributed by atoms with van der Waals surface area (Å²) < 4.78 is 33.7. The second kappa shape index (κ2) is 15.0. The van der Waals surface area contributed by atoms with Crippen molar-refractivity contribution in [3.63, 3.8) is 0 Å². The van der Waals surface area contributed by atoms with Crippen LogP contribution < -0.4 is 15.4 Å². The average Bonchev–Trinajstić information content (AvgIpc) is 3.89. The van der Waals surface area contributed by atoms with E-state index in [1.807, 2.05) is 24.3 Å². The molecule has 3 heterocycles. The highest BCUT2D eigenvalue weighted by Gasteiger charge is 2.62. The van der Waals surface area contributed by atoms with Crippen LogP contribution in [0.3, 0.4) is 0 Å². The van der Waals surface area contributed by atoms with Crippen LogP contribution in [0.15, 0.2) is 30.4 Å². The summed E-state index contributed by atoms with van der Waals surface area (Å²) in [4.78, 5) is 71.9. The minimum absolute atomic E-state index is 0.0305. The summed E-state index contributed by atoms with van der Waals surface area (Å²) in [6.45, 7) is 0.554. The number of hydrogen-bond donors (Lipinski definition) is 3. The highest BCUT2D eigenvalue weighted by Crippen LogP contribution is 2.46. The first-order valence-corrected chi connectivity index (χ1v) is 20.7. The summed E-state index contributed by atoms with van der Waals surface area (Å²) in [5, 5.41) is 5.77. The van der Waals surface area contributed by atoms with Crippen molar-refractivity contribution in [2.75, 3.05) is 6.54 Å². The van der Waals surface area contributed by atoms with E-state index in [1.54, 1.807) is 6.07 Å². The van der Waals surface area contributed by atoms with Crippen molar-refractivity contribution in [3.8, 4) is 0 Å². The van der Waals surface area contributed by atoms with Gasteiger partial charge in [0.15, 0.2) is 0 Å². The molecule has 0 unspecified atom stereocenters. The van der Waals surface area contributed by atoms with E-state index >= 15 is 0 Å². The molecule has 282 valence electrons. The summed E-state index contributed by atoms with van der Waals surface area (Å²) in [7, 11) is -3.89. The summed E-state index contributed by atoms with van der Waals surface area (Å²) in [5.41, 5.74) is 0.359. The minimum Gasteiger partial charge on any atom is -0.444 e. The van der Waals surface area contributed by atoms with Gasteiger partial charge in [-0.05, 0) is 80.5 Å². The zero-order chi connectivity index (χ0) is 36.6. The average molecular weight is 758 g/mol. The zero-order valence-corrected chi connectivity index (χ0v) is 30.9. The number of rotatable bonds is 7. The lowest BCUT2D eigenvalue weighted by Crippen LogP contribution is -2.58. The van der Waals surface area contributed by atoms with Gasteiger partial charge in [-0.3, -0.25) is 28.8 Å². The number of sulfonamides is 1. The van der Waals surface area contributed by atoms with Crippen LogP contribution in [-0.2, 0) is 47.0 Å². The van der Waals surface area contributed by atoms with Crippen LogP contribution in [0.4, 0.5) is 4.79 Å². The first-order valence-electron chi connectivity index (χ1n) is 18.8. The number of allylic oxidation sites excluding steroid dienone is 1. The summed E-state index contributed by atoms with van der Waals surface area (Å²) in [6.07, 6.45) is 11.4. The van der Waals surface area contributed by atoms with E-state index in [4.69, 9.17) is 16.3 Å². The van der Waals surface area contributed by atoms with Gasteiger partial charge >= 0.3 is 6.09 Å². The van der Waals surface area contributed by atoms with Crippen molar-refractivity contribution < 1.29 is 37.1 Å². The molecule has 4 fully saturated rings. The van der Waals surface area contributed by atoms with E-state index in [0.29, 0.717) is 56.6 Å². The number of carbonyl (C=O) groups excluding carboxylic acids is 5. The fourth-order valence-electron chi connectivity index (χ4n) is 8.29. The zero-order valence-electron chi connectivity index (χ0n) is 29.3. The molecule has 1 aromatic rings. The van der Waals surface area contributed by atoms with Gasteiger partial charge in [0.2, 0.25) is 27.7 Å². The quantitative estimate of drug-likeness (QED) is 0.353. The molecule has 3 aliphatic heterocycles. The predicted octanol–water partition coefficient (Wildman–Crippen LogP) is 3.83. The monoisotopic (exact) mass is 757 g/mol. The molecule has 6 aliphatic rings. The van der Waals surface area contributed by atoms with Crippen molar-refractivity contribution in [1.82, 2.24) is 25.2 Å². The van der Waals surface area contributed by atoms with Crippen molar-refractivity contribution in [2.24, 2.45) is 11.8 Å². The van der Waals surface area contributed by atoms with Crippen molar-refractivity contribution >= 4 is 51.3 Å². The number of hydrogen-bond acceptors (Lipinski definition) is 8. The lowest BCUT2D eigenvalue weighted by Gasteiger charge is -2.30. The molecule has 7 rings (SSSR count). The van der Waals surface area contributed by atoms with Crippen LogP contribution in [0.2, 0.25) is 5.02 Å². The van der Waals surface area contributed by atoms with E-state index in [0.717, 1.165) is 49.7 Å². The first-order chi connectivity index (χ1) is 24.9. The highest BCUT2D eigenvalue weighted by molar-refractivity contribution is 7.91. The standard InChI is InChI=1S/C37H48ClN5O8S/c38-27-13-12-24-20-42(21-25(24)17-27)36(48)51-28-18-31-33(45)40-37(35(47)41-52(49,50)29-14-15-29)19-26(37)10-4-2-1-3-5-11-30(34(46)43(31)22-28)39-32(44)16-23-8-6-7-9-23/h4,10,12-13,17,23,26,28-31H,1-3,5-9,11,14-16,18-22H2,(H,39,44)(H,40,45)(H,41,47)/b10-4+/t26-,28-,30+,31+,37-/m1/s1. The molecule has 13 nitrogen and oxygen atoms in total. The van der Waals surface area contributed by atoms with Gasteiger partial charge in [0.1, 0.15) is 23.7 Å². The molecule has 3 N–H and O–H groups in total. The predicted molar refractivity (Wildman–Crippen MR) is 191 cm³/mol. The summed E-state index contributed by atoms with van der Waals surface area (Å²) in [6, 6.07) is 3.42. The van der Waals surface area contributed by atoms with Gasteiger partial charge in [0.05, 0.1) is 11.8 Å². The van der Waals surface area contributed by atoms with Gasteiger partial charge in [-0.2, -0.15) is 0 Å². The Kier molecular flexibility index (Phi) is 10.6. The number of ether oxygens (including phenoxy) is 1. The van der Waals surface area contributed by atoms with E-state index in [1.165, 1.54) is 9.80 Å². The molecule has 0 spiro atoms. The second-order valence-corrected chi connectivity index (χ2v) is 17.9. The van der Waals surface area contributed by atoms with E-state index < -0.39 is 68.7 Å². The Balaban J connectivity index is 1.12.